The third kappa shape index (κ3) is 36.7. The molecule has 0 saturated heterocycles. The molecule has 0 radical (unpaired) electrons. The van der Waals surface area contributed by atoms with Crippen molar-refractivity contribution in [2.45, 2.75) is 168 Å². The first-order chi connectivity index (χ1) is 22.8. The van der Waals surface area contributed by atoms with Crippen molar-refractivity contribution in [2.75, 3.05) is 13.2 Å². The number of unbranched alkanes of at least 4 members (excludes halogenated alkanes) is 15. The first-order valence-electron chi connectivity index (χ1n) is 18.4. The van der Waals surface area contributed by atoms with E-state index in [4.69, 9.17) is 19.3 Å². The summed E-state index contributed by atoms with van der Waals surface area (Å²) in [6.07, 6.45) is 39.7. The number of carbonyl (C=O) groups excluding carboxylic acids is 2. The molecule has 0 amide bonds. The van der Waals surface area contributed by atoms with Gasteiger partial charge in [-0.05, 0) is 70.6 Å². The fourth-order valence-corrected chi connectivity index (χ4v) is 5.13. The molecule has 0 heterocycles. The Labute approximate surface area is 286 Å². The zero-order valence-electron chi connectivity index (χ0n) is 29.7. The number of esters is 2. The van der Waals surface area contributed by atoms with E-state index in [0.29, 0.717) is 12.8 Å². The van der Waals surface area contributed by atoms with Crippen LogP contribution in [0.5, 0.6) is 0 Å². The minimum Gasteiger partial charge on any atom is -0.462 e. The van der Waals surface area contributed by atoms with Crippen molar-refractivity contribution >= 4 is 19.8 Å². The number of hydrogen-bond acceptors (Lipinski definition) is 6. The third-order valence-electron chi connectivity index (χ3n) is 7.57. The quantitative estimate of drug-likeness (QED) is 0.0304. The van der Waals surface area contributed by atoms with Gasteiger partial charge in [0.05, 0.1) is 6.61 Å². The van der Waals surface area contributed by atoms with Gasteiger partial charge in [-0.1, -0.05) is 127 Å². The van der Waals surface area contributed by atoms with Crippen molar-refractivity contribution in [2.24, 2.45) is 0 Å². The van der Waals surface area contributed by atoms with E-state index in [1.807, 2.05) is 0 Å². The van der Waals surface area contributed by atoms with Crippen molar-refractivity contribution < 1.29 is 37.9 Å². The van der Waals surface area contributed by atoms with Crippen LogP contribution in [0.3, 0.4) is 0 Å². The molecular weight excluding hydrogens is 615 g/mol. The number of ether oxygens (including phenoxy) is 2. The maximum atomic E-state index is 12.3. The molecule has 8 nitrogen and oxygen atoms in total. The minimum atomic E-state index is -4.76. The van der Waals surface area contributed by atoms with Gasteiger partial charge in [-0.2, -0.15) is 0 Å². The summed E-state index contributed by atoms with van der Waals surface area (Å²) in [6.45, 7) is 3.57. The molecule has 0 aromatic heterocycles. The standard InChI is InChI=1S/C38H67O8P/c1-3-5-7-9-11-13-15-17-19-21-23-25-27-29-31-33-38(40)46-36(35-45-47(41,42)43)34-44-37(39)32-30-28-26-24-22-20-18-16-14-12-10-8-6-4-2/h10-13,16-19,36H,3-9,14-15,20-35H2,1-2H3,(H2,41,42,43)/b12-10-,13-11-,18-16-,19-17-/t36-/m1/s1. The maximum Gasteiger partial charge on any atom is 0.469 e. The van der Waals surface area contributed by atoms with Gasteiger partial charge in [0.2, 0.25) is 0 Å². The molecule has 2 N–H and O–H groups in total. The first kappa shape index (κ1) is 45.0. The van der Waals surface area contributed by atoms with Crippen LogP contribution >= 0.6 is 7.82 Å². The van der Waals surface area contributed by atoms with Gasteiger partial charge in [0.25, 0.3) is 0 Å². The molecule has 0 fully saturated rings. The number of allylic oxidation sites excluding steroid dienone is 8. The van der Waals surface area contributed by atoms with Gasteiger partial charge in [-0.25, -0.2) is 4.57 Å². The molecule has 1 atom stereocenters. The van der Waals surface area contributed by atoms with E-state index >= 15 is 0 Å². The lowest BCUT2D eigenvalue weighted by Gasteiger charge is -2.18. The zero-order chi connectivity index (χ0) is 34.7. The van der Waals surface area contributed by atoms with E-state index in [1.165, 1.54) is 38.5 Å². The van der Waals surface area contributed by atoms with Gasteiger partial charge >= 0.3 is 19.8 Å². The number of rotatable bonds is 33. The van der Waals surface area contributed by atoms with E-state index in [-0.39, 0.29) is 19.4 Å². The first-order valence-corrected chi connectivity index (χ1v) is 20.0. The van der Waals surface area contributed by atoms with E-state index in [1.54, 1.807) is 0 Å². The SMILES string of the molecule is CCCC/C=C\C/C=C\CCCCCCCC(=O)OC[C@H](COP(=O)(O)O)OC(=O)CCCCCCC/C=C\C/C=C\CCCCC. The average molecular weight is 683 g/mol. The summed E-state index contributed by atoms with van der Waals surface area (Å²) in [4.78, 5) is 42.6. The summed E-state index contributed by atoms with van der Waals surface area (Å²) < 4.78 is 26.3. The van der Waals surface area contributed by atoms with E-state index < -0.39 is 32.5 Å². The molecule has 0 rings (SSSR count). The minimum absolute atomic E-state index is 0.191. The Bertz CT molecular complexity index is 905. The predicted octanol–water partition coefficient (Wildman–Crippen LogP) is 10.8. The van der Waals surface area contributed by atoms with Crippen molar-refractivity contribution in [1.29, 1.82) is 0 Å². The van der Waals surface area contributed by atoms with Gasteiger partial charge in [0.15, 0.2) is 6.10 Å². The average Bonchev–Trinajstić information content (AvgIpc) is 3.03. The maximum absolute atomic E-state index is 12.3. The summed E-state index contributed by atoms with van der Waals surface area (Å²) in [5, 5.41) is 0. The van der Waals surface area contributed by atoms with Gasteiger partial charge in [0.1, 0.15) is 6.61 Å². The smallest absolute Gasteiger partial charge is 0.462 e. The summed E-state index contributed by atoms with van der Waals surface area (Å²) in [5.41, 5.74) is 0. The predicted molar refractivity (Wildman–Crippen MR) is 193 cm³/mol. The van der Waals surface area contributed by atoms with Crippen LogP contribution in [0.2, 0.25) is 0 Å². The summed E-state index contributed by atoms with van der Waals surface area (Å²) >= 11 is 0. The molecule has 0 aliphatic heterocycles. The Morgan fingerprint density at radius 3 is 1.47 bits per heavy atom. The molecule has 0 bridgehead atoms. The Kier molecular flexibility index (Phi) is 32.5. The van der Waals surface area contributed by atoms with Crippen molar-refractivity contribution in [3.8, 4) is 0 Å². The van der Waals surface area contributed by atoms with E-state index in [9.17, 15) is 14.2 Å². The number of phosphoric ester groups is 1. The fraction of sp³-hybridized carbons (Fsp3) is 0.737. The molecule has 0 aliphatic rings. The molecule has 0 aromatic rings. The van der Waals surface area contributed by atoms with Crippen LogP contribution in [0.15, 0.2) is 48.6 Å². The van der Waals surface area contributed by atoms with Crippen LogP contribution in [0.25, 0.3) is 0 Å². The highest BCUT2D eigenvalue weighted by Crippen LogP contribution is 2.36. The van der Waals surface area contributed by atoms with E-state index in [0.717, 1.165) is 83.5 Å². The fourth-order valence-electron chi connectivity index (χ4n) is 4.77. The summed E-state index contributed by atoms with van der Waals surface area (Å²) in [6, 6.07) is 0. The van der Waals surface area contributed by atoms with Crippen LogP contribution in [-0.4, -0.2) is 41.0 Å². The van der Waals surface area contributed by atoms with Crippen molar-refractivity contribution in [3.63, 3.8) is 0 Å². The highest BCUT2D eigenvalue weighted by Gasteiger charge is 2.22. The topological polar surface area (TPSA) is 119 Å². The lowest BCUT2D eigenvalue weighted by Crippen LogP contribution is -2.29. The molecule has 47 heavy (non-hydrogen) atoms. The Morgan fingerprint density at radius 2 is 0.979 bits per heavy atom. The van der Waals surface area contributed by atoms with Crippen LogP contribution in [-0.2, 0) is 28.2 Å². The Morgan fingerprint density at radius 1 is 0.553 bits per heavy atom. The van der Waals surface area contributed by atoms with E-state index in [2.05, 4.69) is 67.0 Å². The Hall–Kier alpha value is -1.99. The molecular formula is C38H67O8P. The van der Waals surface area contributed by atoms with Crippen LogP contribution in [0.4, 0.5) is 0 Å². The number of carbonyl (C=O) groups is 2. The molecule has 0 spiro atoms. The second-order valence-corrected chi connectivity index (χ2v) is 13.4. The van der Waals surface area contributed by atoms with Crippen LogP contribution in [0, 0.1) is 0 Å². The van der Waals surface area contributed by atoms with Gasteiger partial charge < -0.3 is 19.3 Å². The second kappa shape index (κ2) is 33.9. The van der Waals surface area contributed by atoms with Crippen molar-refractivity contribution in [3.05, 3.63) is 48.6 Å². The largest absolute Gasteiger partial charge is 0.469 e. The van der Waals surface area contributed by atoms with Gasteiger partial charge in [-0.3, -0.25) is 14.1 Å². The summed E-state index contributed by atoms with van der Waals surface area (Å²) in [5.74, 6) is -0.921. The van der Waals surface area contributed by atoms with Crippen LogP contribution < -0.4 is 0 Å². The normalized spacial score (nSPS) is 13.0. The molecule has 0 unspecified atom stereocenters. The molecule has 0 aromatic carbocycles. The molecule has 272 valence electrons. The van der Waals surface area contributed by atoms with Gasteiger partial charge in [0, 0.05) is 12.8 Å². The lowest BCUT2D eigenvalue weighted by molar-refractivity contribution is -0.161. The molecule has 9 heteroatoms. The highest BCUT2D eigenvalue weighted by atomic mass is 31.2. The lowest BCUT2D eigenvalue weighted by atomic mass is 10.1. The third-order valence-corrected chi connectivity index (χ3v) is 8.06. The monoisotopic (exact) mass is 682 g/mol. The molecule has 0 aliphatic carbocycles. The number of hydrogen-bond donors (Lipinski definition) is 2. The van der Waals surface area contributed by atoms with Crippen LogP contribution in [0.1, 0.15) is 162 Å². The summed E-state index contributed by atoms with van der Waals surface area (Å²) in [7, 11) is -4.76. The number of phosphoric acid groups is 1. The second-order valence-electron chi connectivity index (χ2n) is 12.2. The van der Waals surface area contributed by atoms with Gasteiger partial charge in [-0.15, -0.1) is 0 Å². The zero-order valence-corrected chi connectivity index (χ0v) is 30.6. The molecule has 0 saturated carbocycles. The van der Waals surface area contributed by atoms with Crippen molar-refractivity contribution in [1.82, 2.24) is 0 Å². The Balaban J connectivity index is 4.04. The highest BCUT2D eigenvalue weighted by molar-refractivity contribution is 7.46.